The Hall–Kier alpha value is -1.69. The number of hydrogen-bond donors (Lipinski definition) is 2. The summed E-state index contributed by atoms with van der Waals surface area (Å²) in [5.74, 6) is 0.465. The topological polar surface area (TPSA) is 86.3 Å². The highest BCUT2D eigenvalue weighted by molar-refractivity contribution is 5.78. The first-order valence-corrected chi connectivity index (χ1v) is 6.84. The monoisotopic (exact) mass is 279 g/mol. The molecule has 1 aromatic heterocycles. The number of piperidine rings is 1. The molecule has 0 aliphatic carbocycles. The molecular weight excluding hydrogens is 258 g/mol. The van der Waals surface area contributed by atoms with Gasteiger partial charge >= 0.3 is 0 Å². The quantitative estimate of drug-likeness (QED) is 0.812. The minimum atomic E-state index is -0.723. The van der Waals surface area contributed by atoms with Crippen LogP contribution in [0.4, 0.5) is 0 Å². The summed E-state index contributed by atoms with van der Waals surface area (Å²) in [6.45, 7) is 6.46. The number of rotatable bonds is 2. The van der Waals surface area contributed by atoms with Gasteiger partial charge in [-0.2, -0.15) is 0 Å². The molecule has 6 heteroatoms. The standard InChI is InChI=1S/C14H21N3O3/c1-9-8-17(5-4-14(9,3)20)12(18)6-11-7-15-10(2)16-13(11)19/h7,9,20H,4-6,8H2,1-3H3,(H,15,16,19)/t9-,14+/m1/s1. The number of amides is 1. The molecule has 2 heterocycles. The predicted octanol–water partition coefficient (Wildman–Crippen LogP) is 0.240. The Morgan fingerprint density at radius 2 is 2.35 bits per heavy atom. The van der Waals surface area contributed by atoms with Gasteiger partial charge in [0, 0.05) is 30.8 Å². The minimum absolute atomic E-state index is 0.0228. The molecule has 1 aromatic rings. The zero-order valence-electron chi connectivity index (χ0n) is 12.1. The fourth-order valence-electron chi connectivity index (χ4n) is 2.36. The van der Waals surface area contributed by atoms with Crippen molar-refractivity contribution in [3.8, 4) is 0 Å². The maximum Gasteiger partial charge on any atom is 0.254 e. The first-order valence-electron chi connectivity index (χ1n) is 6.84. The number of carbonyl (C=O) groups excluding carboxylic acids is 1. The molecular formula is C14H21N3O3. The van der Waals surface area contributed by atoms with Crippen LogP contribution in [0, 0.1) is 12.8 Å². The predicted molar refractivity (Wildman–Crippen MR) is 74.3 cm³/mol. The lowest BCUT2D eigenvalue weighted by atomic mass is 9.84. The summed E-state index contributed by atoms with van der Waals surface area (Å²) in [6.07, 6.45) is 2.06. The molecule has 1 aliphatic heterocycles. The summed E-state index contributed by atoms with van der Waals surface area (Å²) in [4.78, 5) is 32.3. The van der Waals surface area contributed by atoms with Gasteiger partial charge in [-0.1, -0.05) is 6.92 Å². The average molecular weight is 279 g/mol. The van der Waals surface area contributed by atoms with Gasteiger partial charge in [0.25, 0.3) is 5.56 Å². The number of aryl methyl sites for hydroxylation is 1. The van der Waals surface area contributed by atoms with Crippen LogP contribution >= 0.6 is 0 Å². The van der Waals surface area contributed by atoms with Crippen LogP contribution in [0.1, 0.15) is 31.7 Å². The molecule has 0 spiro atoms. The second-order valence-electron chi connectivity index (χ2n) is 5.85. The van der Waals surface area contributed by atoms with E-state index in [4.69, 9.17) is 0 Å². The molecule has 1 fully saturated rings. The molecule has 20 heavy (non-hydrogen) atoms. The molecule has 2 N–H and O–H groups in total. The lowest BCUT2D eigenvalue weighted by Crippen LogP contribution is -2.51. The molecule has 6 nitrogen and oxygen atoms in total. The van der Waals surface area contributed by atoms with Crippen LogP contribution in [-0.2, 0) is 11.2 Å². The number of nitrogens with one attached hydrogen (secondary N) is 1. The normalized spacial score (nSPS) is 26.6. The fourth-order valence-corrected chi connectivity index (χ4v) is 2.36. The number of nitrogens with zero attached hydrogens (tertiary/aromatic N) is 2. The maximum absolute atomic E-state index is 12.2. The lowest BCUT2D eigenvalue weighted by molar-refractivity contribution is -0.137. The molecule has 110 valence electrons. The highest BCUT2D eigenvalue weighted by Crippen LogP contribution is 2.27. The molecule has 0 unspecified atom stereocenters. The largest absolute Gasteiger partial charge is 0.390 e. The number of carbonyl (C=O) groups is 1. The molecule has 2 atom stereocenters. The van der Waals surface area contributed by atoms with Crippen molar-refractivity contribution in [2.75, 3.05) is 13.1 Å². The molecule has 0 saturated carbocycles. The van der Waals surface area contributed by atoms with Crippen molar-refractivity contribution in [3.05, 3.63) is 27.9 Å². The van der Waals surface area contributed by atoms with Crippen LogP contribution in [0.25, 0.3) is 0 Å². The van der Waals surface area contributed by atoms with Gasteiger partial charge in [0.2, 0.25) is 5.91 Å². The van der Waals surface area contributed by atoms with E-state index in [9.17, 15) is 14.7 Å². The number of aromatic nitrogens is 2. The van der Waals surface area contributed by atoms with Gasteiger partial charge in [-0.05, 0) is 20.3 Å². The van der Waals surface area contributed by atoms with Gasteiger partial charge in [-0.25, -0.2) is 4.98 Å². The summed E-state index contributed by atoms with van der Waals surface area (Å²) < 4.78 is 0. The second kappa shape index (κ2) is 5.36. The summed E-state index contributed by atoms with van der Waals surface area (Å²) in [6, 6.07) is 0. The molecule has 1 amide bonds. The van der Waals surface area contributed by atoms with Gasteiger partial charge in [0.05, 0.1) is 12.0 Å². The summed E-state index contributed by atoms with van der Waals surface area (Å²) in [5, 5.41) is 10.1. The summed E-state index contributed by atoms with van der Waals surface area (Å²) in [7, 11) is 0. The molecule has 2 rings (SSSR count). The molecule has 1 saturated heterocycles. The summed E-state index contributed by atoms with van der Waals surface area (Å²) in [5.41, 5.74) is -0.604. The highest BCUT2D eigenvalue weighted by atomic mass is 16.3. The molecule has 0 radical (unpaired) electrons. The number of aromatic amines is 1. The minimum Gasteiger partial charge on any atom is -0.390 e. The first kappa shape index (κ1) is 14.7. The highest BCUT2D eigenvalue weighted by Gasteiger charge is 2.36. The Morgan fingerprint density at radius 3 is 2.95 bits per heavy atom. The summed E-state index contributed by atoms with van der Waals surface area (Å²) >= 11 is 0. The van der Waals surface area contributed by atoms with Crippen LogP contribution < -0.4 is 5.56 Å². The van der Waals surface area contributed by atoms with Crippen LogP contribution in [-0.4, -0.2) is 44.6 Å². The van der Waals surface area contributed by atoms with Crippen LogP contribution in [0.15, 0.2) is 11.0 Å². The third kappa shape index (κ3) is 3.07. The first-order chi connectivity index (χ1) is 9.29. The van der Waals surface area contributed by atoms with Crippen molar-refractivity contribution >= 4 is 5.91 Å². The zero-order valence-corrected chi connectivity index (χ0v) is 12.1. The Balaban J connectivity index is 2.04. The van der Waals surface area contributed by atoms with Crippen molar-refractivity contribution in [2.45, 2.75) is 39.2 Å². The van der Waals surface area contributed by atoms with Crippen molar-refractivity contribution < 1.29 is 9.90 Å². The Kier molecular flexibility index (Phi) is 3.94. The van der Waals surface area contributed by atoms with Gasteiger partial charge in [0.1, 0.15) is 5.82 Å². The fraction of sp³-hybridized carbons (Fsp3) is 0.643. The lowest BCUT2D eigenvalue weighted by Gasteiger charge is -2.41. The van der Waals surface area contributed by atoms with Gasteiger partial charge in [-0.3, -0.25) is 9.59 Å². The number of H-pyrrole nitrogens is 1. The Bertz CT molecular complexity index is 565. The van der Waals surface area contributed by atoms with E-state index in [1.54, 1.807) is 18.7 Å². The van der Waals surface area contributed by atoms with Gasteiger partial charge in [-0.15, -0.1) is 0 Å². The molecule has 0 aromatic carbocycles. The van der Waals surface area contributed by atoms with Crippen molar-refractivity contribution in [2.24, 2.45) is 5.92 Å². The van der Waals surface area contributed by atoms with Crippen LogP contribution in [0.5, 0.6) is 0 Å². The zero-order chi connectivity index (χ0) is 14.9. The van der Waals surface area contributed by atoms with E-state index in [2.05, 4.69) is 9.97 Å². The van der Waals surface area contributed by atoms with Crippen LogP contribution in [0.2, 0.25) is 0 Å². The van der Waals surface area contributed by atoms with E-state index in [0.29, 0.717) is 30.9 Å². The molecule has 1 aliphatic rings. The average Bonchev–Trinajstić information content (AvgIpc) is 2.36. The van der Waals surface area contributed by atoms with E-state index in [-0.39, 0.29) is 23.8 Å². The van der Waals surface area contributed by atoms with Crippen LogP contribution in [0.3, 0.4) is 0 Å². The van der Waals surface area contributed by atoms with E-state index >= 15 is 0 Å². The Labute approximate surface area is 117 Å². The number of aliphatic hydroxyl groups is 1. The van der Waals surface area contributed by atoms with Crippen molar-refractivity contribution in [3.63, 3.8) is 0 Å². The SMILES string of the molecule is Cc1ncc(CC(=O)N2CC[C@](C)(O)[C@H](C)C2)c(=O)[nH]1. The third-order valence-electron chi connectivity index (χ3n) is 4.14. The van der Waals surface area contributed by atoms with Crippen molar-refractivity contribution in [1.82, 2.24) is 14.9 Å². The van der Waals surface area contributed by atoms with Crippen molar-refractivity contribution in [1.29, 1.82) is 0 Å². The maximum atomic E-state index is 12.2. The second-order valence-corrected chi connectivity index (χ2v) is 5.85. The number of hydrogen-bond acceptors (Lipinski definition) is 4. The number of likely N-dealkylation sites (tertiary alicyclic amines) is 1. The van der Waals surface area contributed by atoms with E-state index in [1.165, 1.54) is 6.20 Å². The molecule has 0 bridgehead atoms. The Morgan fingerprint density at radius 1 is 1.65 bits per heavy atom. The van der Waals surface area contributed by atoms with E-state index < -0.39 is 5.60 Å². The van der Waals surface area contributed by atoms with E-state index in [0.717, 1.165) is 0 Å². The smallest absolute Gasteiger partial charge is 0.254 e. The van der Waals surface area contributed by atoms with E-state index in [1.807, 2.05) is 6.92 Å². The third-order valence-corrected chi connectivity index (χ3v) is 4.14. The van der Waals surface area contributed by atoms with Gasteiger partial charge < -0.3 is 15.0 Å². The van der Waals surface area contributed by atoms with Gasteiger partial charge in [0.15, 0.2) is 0 Å².